The molecule has 0 spiro atoms. The predicted octanol–water partition coefficient (Wildman–Crippen LogP) is 4.59. The molecule has 0 amide bonds. The normalized spacial score (nSPS) is 10.0. The first-order valence-corrected chi connectivity index (χ1v) is 6.94. The first-order valence-electron chi connectivity index (χ1n) is 5.95. The van der Waals surface area contributed by atoms with E-state index in [4.69, 9.17) is 0 Å². The minimum Gasteiger partial charge on any atom is -0.126 e. The van der Waals surface area contributed by atoms with E-state index in [-0.39, 0.29) is 0 Å². The Morgan fingerprint density at radius 3 is 2.62 bits per heavy atom. The zero-order chi connectivity index (χ0) is 11.8. The fourth-order valence-corrected chi connectivity index (χ4v) is 2.83. The van der Waals surface area contributed by atoms with Gasteiger partial charge in [-0.2, -0.15) is 0 Å². The van der Waals surface area contributed by atoms with Gasteiger partial charge >= 0.3 is 0 Å². The van der Waals surface area contributed by atoms with Crippen LogP contribution in [0.2, 0.25) is 0 Å². The molecule has 0 aliphatic carbocycles. The maximum Gasteiger partial charge on any atom is 0.0256 e. The standard InChI is InChI=1S/C15H20S/c1-4-8-14-9-7-10-15(11-14)16-12-13(5-2)6-3/h7,9-11,13H,5-6,12H2,1-3H3. The van der Waals surface area contributed by atoms with Gasteiger partial charge in [0.1, 0.15) is 0 Å². The summed E-state index contributed by atoms with van der Waals surface area (Å²) in [6, 6.07) is 8.52. The highest BCUT2D eigenvalue weighted by Crippen LogP contribution is 2.24. The van der Waals surface area contributed by atoms with Crippen LogP contribution < -0.4 is 0 Å². The molecule has 0 heterocycles. The van der Waals surface area contributed by atoms with E-state index < -0.39 is 0 Å². The monoisotopic (exact) mass is 232 g/mol. The molecule has 86 valence electrons. The van der Waals surface area contributed by atoms with Gasteiger partial charge in [-0.15, -0.1) is 17.7 Å². The Morgan fingerprint density at radius 1 is 1.25 bits per heavy atom. The van der Waals surface area contributed by atoms with Crippen molar-refractivity contribution in [1.29, 1.82) is 0 Å². The van der Waals surface area contributed by atoms with Crippen LogP contribution in [-0.2, 0) is 0 Å². The highest BCUT2D eigenvalue weighted by atomic mass is 32.2. The van der Waals surface area contributed by atoms with Crippen LogP contribution >= 0.6 is 11.8 Å². The van der Waals surface area contributed by atoms with Crippen LogP contribution in [0.1, 0.15) is 39.2 Å². The summed E-state index contributed by atoms with van der Waals surface area (Å²) in [5, 5.41) is 0. The van der Waals surface area contributed by atoms with Gasteiger partial charge in [0.25, 0.3) is 0 Å². The molecular formula is C15H20S. The zero-order valence-corrected chi connectivity index (χ0v) is 11.2. The molecule has 0 nitrogen and oxygen atoms in total. The van der Waals surface area contributed by atoms with Crippen molar-refractivity contribution in [3.8, 4) is 11.8 Å². The second-order valence-electron chi connectivity index (χ2n) is 3.90. The fourth-order valence-electron chi connectivity index (χ4n) is 1.55. The maximum absolute atomic E-state index is 3.10. The summed E-state index contributed by atoms with van der Waals surface area (Å²) in [7, 11) is 0. The van der Waals surface area contributed by atoms with E-state index in [0.29, 0.717) is 0 Å². The topological polar surface area (TPSA) is 0 Å². The second-order valence-corrected chi connectivity index (χ2v) is 4.99. The van der Waals surface area contributed by atoms with Gasteiger partial charge in [0, 0.05) is 16.2 Å². The first-order chi connectivity index (χ1) is 7.80. The van der Waals surface area contributed by atoms with Gasteiger partial charge in [0.15, 0.2) is 0 Å². The molecular weight excluding hydrogens is 212 g/mol. The number of hydrogen-bond donors (Lipinski definition) is 0. The quantitative estimate of drug-likeness (QED) is 0.528. The van der Waals surface area contributed by atoms with Crippen LogP contribution in [-0.4, -0.2) is 5.75 Å². The van der Waals surface area contributed by atoms with Crippen molar-refractivity contribution >= 4 is 11.8 Å². The van der Waals surface area contributed by atoms with Crippen LogP contribution in [0.4, 0.5) is 0 Å². The lowest BCUT2D eigenvalue weighted by Gasteiger charge is -2.11. The van der Waals surface area contributed by atoms with Crippen molar-refractivity contribution in [2.45, 2.75) is 38.5 Å². The van der Waals surface area contributed by atoms with Crippen LogP contribution in [0.5, 0.6) is 0 Å². The van der Waals surface area contributed by atoms with Gasteiger partial charge in [-0.3, -0.25) is 0 Å². The van der Waals surface area contributed by atoms with E-state index in [0.717, 1.165) is 11.5 Å². The number of benzene rings is 1. The smallest absolute Gasteiger partial charge is 0.0256 e. The van der Waals surface area contributed by atoms with E-state index in [2.05, 4.69) is 50.0 Å². The molecule has 0 fully saturated rings. The molecule has 0 aliphatic heterocycles. The highest BCUT2D eigenvalue weighted by molar-refractivity contribution is 7.99. The molecule has 1 aromatic carbocycles. The van der Waals surface area contributed by atoms with Gasteiger partial charge in [-0.25, -0.2) is 0 Å². The molecule has 0 aliphatic rings. The third-order valence-electron chi connectivity index (χ3n) is 2.74. The Kier molecular flexibility index (Phi) is 6.11. The Bertz CT molecular complexity index is 367. The Labute approximate surface area is 104 Å². The van der Waals surface area contributed by atoms with Gasteiger partial charge in [0.05, 0.1) is 0 Å². The van der Waals surface area contributed by atoms with Crippen molar-refractivity contribution in [3.05, 3.63) is 29.8 Å². The average molecular weight is 232 g/mol. The van der Waals surface area contributed by atoms with Gasteiger partial charge in [0.2, 0.25) is 0 Å². The molecule has 0 N–H and O–H groups in total. The predicted molar refractivity (Wildman–Crippen MR) is 73.8 cm³/mol. The SMILES string of the molecule is CC#Cc1cccc(SCC(CC)CC)c1. The van der Waals surface area contributed by atoms with Gasteiger partial charge in [-0.1, -0.05) is 38.7 Å². The van der Waals surface area contributed by atoms with Crippen LogP contribution in [0.25, 0.3) is 0 Å². The molecule has 0 saturated heterocycles. The molecule has 0 unspecified atom stereocenters. The number of rotatable bonds is 5. The molecule has 1 rings (SSSR count). The third kappa shape index (κ3) is 4.33. The average Bonchev–Trinajstić information content (AvgIpc) is 2.31. The maximum atomic E-state index is 3.10. The summed E-state index contributed by atoms with van der Waals surface area (Å²) in [6.07, 6.45) is 2.55. The minimum absolute atomic E-state index is 0.839. The molecule has 0 saturated carbocycles. The van der Waals surface area contributed by atoms with Crippen molar-refractivity contribution in [3.63, 3.8) is 0 Å². The third-order valence-corrected chi connectivity index (χ3v) is 3.97. The van der Waals surface area contributed by atoms with E-state index in [1.807, 2.05) is 18.7 Å². The minimum atomic E-state index is 0.839. The number of thioether (sulfide) groups is 1. The second kappa shape index (κ2) is 7.41. The fraction of sp³-hybridized carbons (Fsp3) is 0.467. The lowest BCUT2D eigenvalue weighted by molar-refractivity contribution is 0.554. The zero-order valence-electron chi connectivity index (χ0n) is 10.4. The van der Waals surface area contributed by atoms with Crippen molar-refractivity contribution in [2.24, 2.45) is 5.92 Å². The van der Waals surface area contributed by atoms with Crippen molar-refractivity contribution in [1.82, 2.24) is 0 Å². The summed E-state index contributed by atoms with van der Waals surface area (Å²) >= 11 is 1.95. The lowest BCUT2D eigenvalue weighted by Crippen LogP contribution is -1.99. The van der Waals surface area contributed by atoms with Crippen LogP contribution in [0, 0.1) is 17.8 Å². The van der Waals surface area contributed by atoms with E-state index in [9.17, 15) is 0 Å². The summed E-state index contributed by atoms with van der Waals surface area (Å²) in [4.78, 5) is 1.34. The van der Waals surface area contributed by atoms with Gasteiger partial charge in [-0.05, 0) is 31.0 Å². The molecule has 1 heteroatoms. The molecule has 1 aromatic rings. The summed E-state index contributed by atoms with van der Waals surface area (Å²) in [6.45, 7) is 6.42. The molecule has 0 aromatic heterocycles. The molecule has 0 radical (unpaired) electrons. The number of hydrogen-bond acceptors (Lipinski definition) is 1. The molecule has 16 heavy (non-hydrogen) atoms. The Balaban J connectivity index is 2.59. The first kappa shape index (κ1) is 13.2. The van der Waals surface area contributed by atoms with Gasteiger partial charge < -0.3 is 0 Å². The van der Waals surface area contributed by atoms with Crippen molar-refractivity contribution in [2.75, 3.05) is 5.75 Å². The van der Waals surface area contributed by atoms with E-state index in [1.165, 1.54) is 23.5 Å². The summed E-state index contributed by atoms with van der Waals surface area (Å²) in [5.74, 6) is 8.10. The summed E-state index contributed by atoms with van der Waals surface area (Å²) < 4.78 is 0. The lowest BCUT2D eigenvalue weighted by atomic mass is 10.1. The van der Waals surface area contributed by atoms with Crippen LogP contribution in [0.3, 0.4) is 0 Å². The molecule has 0 bridgehead atoms. The van der Waals surface area contributed by atoms with Crippen LogP contribution in [0.15, 0.2) is 29.2 Å². The van der Waals surface area contributed by atoms with Crippen molar-refractivity contribution < 1.29 is 0 Å². The Morgan fingerprint density at radius 2 is 2.00 bits per heavy atom. The molecule has 0 atom stereocenters. The Hall–Kier alpha value is -0.870. The largest absolute Gasteiger partial charge is 0.126 e. The van der Waals surface area contributed by atoms with E-state index >= 15 is 0 Å². The van der Waals surface area contributed by atoms with E-state index in [1.54, 1.807) is 0 Å². The highest BCUT2D eigenvalue weighted by Gasteiger charge is 2.04. The summed E-state index contributed by atoms with van der Waals surface area (Å²) in [5.41, 5.74) is 1.12.